The van der Waals surface area contributed by atoms with Gasteiger partial charge in [0.05, 0.1) is 0 Å². The number of anilines is 1. The van der Waals surface area contributed by atoms with Crippen LogP contribution in [-0.2, 0) is 0 Å². The van der Waals surface area contributed by atoms with E-state index in [4.69, 9.17) is 11.6 Å². The largest absolute Gasteiger partial charge is 0.370 e. The lowest BCUT2D eigenvalue weighted by molar-refractivity contribution is 0.0953. The highest BCUT2D eigenvalue weighted by molar-refractivity contribution is 6.29. The fraction of sp³-hybridized carbons (Fsp3) is 0.500. The smallest absolute Gasteiger partial charge is 0.251 e. The van der Waals surface area contributed by atoms with Crippen molar-refractivity contribution in [3.8, 4) is 0 Å². The number of carbonyl (C=O) groups is 1. The molecule has 1 rings (SSSR count). The molecule has 1 aromatic rings. The van der Waals surface area contributed by atoms with Crippen LogP contribution in [0.2, 0.25) is 5.15 Å². The van der Waals surface area contributed by atoms with Crippen molar-refractivity contribution in [2.45, 2.75) is 26.7 Å². The predicted octanol–water partition coefficient (Wildman–Crippen LogP) is 2.70. The molecule has 0 aromatic carbocycles. The fourth-order valence-electron chi connectivity index (χ4n) is 1.31. The number of pyridine rings is 1. The minimum atomic E-state index is -0.115. The van der Waals surface area contributed by atoms with Gasteiger partial charge >= 0.3 is 0 Å². The summed E-state index contributed by atoms with van der Waals surface area (Å²) in [6.07, 6.45) is 1.90. The first-order valence-corrected chi connectivity index (χ1v) is 6.24. The molecule has 5 heteroatoms. The highest BCUT2D eigenvalue weighted by atomic mass is 35.5. The number of carbonyl (C=O) groups excluding carboxylic acids is 1. The number of rotatable bonds is 6. The fourth-order valence-corrected chi connectivity index (χ4v) is 1.52. The van der Waals surface area contributed by atoms with Crippen LogP contribution in [0.3, 0.4) is 0 Å². The van der Waals surface area contributed by atoms with Gasteiger partial charge in [0.1, 0.15) is 11.0 Å². The quantitative estimate of drug-likeness (QED) is 0.769. The van der Waals surface area contributed by atoms with Crippen LogP contribution in [-0.4, -0.2) is 24.0 Å². The highest BCUT2D eigenvalue weighted by Crippen LogP contribution is 2.14. The maximum absolute atomic E-state index is 11.8. The highest BCUT2D eigenvalue weighted by Gasteiger charge is 2.08. The van der Waals surface area contributed by atoms with Crippen molar-refractivity contribution < 1.29 is 4.79 Å². The summed E-state index contributed by atoms with van der Waals surface area (Å²) in [6, 6.07) is 3.29. The Labute approximate surface area is 107 Å². The zero-order valence-electron chi connectivity index (χ0n) is 10.2. The second kappa shape index (κ2) is 7.12. The number of aromatic nitrogens is 1. The molecular formula is C12H18ClN3O. The molecule has 0 atom stereocenters. The lowest BCUT2D eigenvalue weighted by atomic mass is 10.2. The number of hydrogen-bond acceptors (Lipinski definition) is 3. The third kappa shape index (κ3) is 4.61. The Morgan fingerprint density at radius 1 is 1.29 bits per heavy atom. The van der Waals surface area contributed by atoms with Gasteiger partial charge in [-0.1, -0.05) is 25.4 Å². The lowest BCUT2D eigenvalue weighted by Crippen LogP contribution is -2.24. The third-order valence-electron chi connectivity index (χ3n) is 2.15. The van der Waals surface area contributed by atoms with Crippen LogP contribution < -0.4 is 10.6 Å². The molecule has 0 aliphatic heterocycles. The summed E-state index contributed by atoms with van der Waals surface area (Å²) in [5.41, 5.74) is 0.539. The van der Waals surface area contributed by atoms with Crippen LogP contribution in [0.5, 0.6) is 0 Å². The van der Waals surface area contributed by atoms with Crippen molar-refractivity contribution in [2.75, 3.05) is 18.4 Å². The first kappa shape index (κ1) is 13.8. The number of nitrogens with zero attached hydrogens (tertiary/aromatic N) is 1. The van der Waals surface area contributed by atoms with Gasteiger partial charge in [-0.2, -0.15) is 0 Å². The number of hydrogen-bond donors (Lipinski definition) is 2. The monoisotopic (exact) mass is 255 g/mol. The van der Waals surface area contributed by atoms with Crippen LogP contribution in [0.4, 0.5) is 5.82 Å². The average molecular weight is 256 g/mol. The summed E-state index contributed by atoms with van der Waals surface area (Å²) in [5, 5.41) is 6.24. The van der Waals surface area contributed by atoms with Crippen LogP contribution in [0.1, 0.15) is 37.0 Å². The van der Waals surface area contributed by atoms with Crippen LogP contribution in [0.25, 0.3) is 0 Å². The molecule has 0 fully saturated rings. The predicted molar refractivity (Wildman–Crippen MR) is 70.7 cm³/mol. The molecule has 17 heavy (non-hydrogen) atoms. The minimum absolute atomic E-state index is 0.115. The van der Waals surface area contributed by atoms with Crippen LogP contribution in [0.15, 0.2) is 12.1 Å². The van der Waals surface area contributed by atoms with Gasteiger partial charge in [0.2, 0.25) is 0 Å². The van der Waals surface area contributed by atoms with E-state index in [0.717, 1.165) is 19.4 Å². The third-order valence-corrected chi connectivity index (χ3v) is 2.34. The summed E-state index contributed by atoms with van der Waals surface area (Å²) >= 11 is 5.88. The van der Waals surface area contributed by atoms with Gasteiger partial charge in [0.15, 0.2) is 0 Å². The number of amides is 1. The standard InChI is InChI=1S/C12H18ClN3O/c1-3-5-14-11-8-9(7-10(13)16-11)12(17)15-6-4-2/h7-8H,3-6H2,1-2H3,(H,14,16)(H,15,17). The van der Waals surface area contributed by atoms with E-state index in [-0.39, 0.29) is 5.91 Å². The van der Waals surface area contributed by atoms with Gasteiger partial charge in [-0.15, -0.1) is 0 Å². The Morgan fingerprint density at radius 3 is 2.65 bits per heavy atom. The van der Waals surface area contributed by atoms with Crippen molar-refractivity contribution in [1.29, 1.82) is 0 Å². The first-order chi connectivity index (χ1) is 8.17. The molecule has 0 spiro atoms. The molecule has 0 saturated carbocycles. The van der Waals surface area contributed by atoms with E-state index in [9.17, 15) is 4.79 Å². The van der Waals surface area contributed by atoms with E-state index in [1.807, 2.05) is 6.92 Å². The molecule has 4 nitrogen and oxygen atoms in total. The van der Waals surface area contributed by atoms with Crippen molar-refractivity contribution in [3.63, 3.8) is 0 Å². The van der Waals surface area contributed by atoms with Gasteiger partial charge in [0, 0.05) is 18.7 Å². The molecule has 0 bridgehead atoms. The maximum atomic E-state index is 11.8. The average Bonchev–Trinajstić information content (AvgIpc) is 2.32. The SMILES string of the molecule is CCCNC(=O)c1cc(Cl)nc(NCCC)c1. The molecule has 0 radical (unpaired) electrons. The Hall–Kier alpha value is -1.29. The van der Waals surface area contributed by atoms with Crippen molar-refractivity contribution in [1.82, 2.24) is 10.3 Å². The molecule has 0 aliphatic rings. The molecule has 0 aliphatic carbocycles. The molecule has 1 heterocycles. The van der Waals surface area contributed by atoms with Crippen molar-refractivity contribution in [2.24, 2.45) is 0 Å². The summed E-state index contributed by atoms with van der Waals surface area (Å²) in [7, 11) is 0. The lowest BCUT2D eigenvalue weighted by Gasteiger charge is -2.08. The van der Waals surface area contributed by atoms with E-state index in [1.165, 1.54) is 0 Å². The molecule has 2 N–H and O–H groups in total. The molecule has 1 amide bonds. The zero-order valence-corrected chi connectivity index (χ0v) is 11.0. The topological polar surface area (TPSA) is 54.0 Å². The second-order valence-corrected chi connectivity index (χ2v) is 4.13. The van der Waals surface area contributed by atoms with E-state index in [1.54, 1.807) is 12.1 Å². The summed E-state index contributed by atoms with van der Waals surface area (Å²) in [5.74, 6) is 0.525. The van der Waals surface area contributed by atoms with Gasteiger partial charge in [0.25, 0.3) is 5.91 Å². The Balaban J connectivity index is 2.77. The van der Waals surface area contributed by atoms with Crippen molar-refractivity contribution >= 4 is 23.3 Å². The number of nitrogens with one attached hydrogen (secondary N) is 2. The molecule has 0 unspecified atom stereocenters. The summed E-state index contributed by atoms with van der Waals surface area (Å²) in [4.78, 5) is 15.9. The number of halogens is 1. The second-order valence-electron chi connectivity index (χ2n) is 3.75. The summed E-state index contributed by atoms with van der Waals surface area (Å²) in [6.45, 7) is 5.54. The van der Waals surface area contributed by atoms with E-state index >= 15 is 0 Å². The minimum Gasteiger partial charge on any atom is -0.370 e. The van der Waals surface area contributed by atoms with Crippen LogP contribution in [0, 0.1) is 0 Å². The molecule has 0 saturated heterocycles. The van der Waals surface area contributed by atoms with E-state index in [2.05, 4.69) is 22.5 Å². The molecular weight excluding hydrogens is 238 g/mol. The van der Waals surface area contributed by atoms with Crippen LogP contribution >= 0.6 is 11.6 Å². The first-order valence-electron chi connectivity index (χ1n) is 5.87. The summed E-state index contributed by atoms with van der Waals surface area (Å²) < 4.78 is 0. The maximum Gasteiger partial charge on any atom is 0.251 e. The molecule has 1 aromatic heterocycles. The van der Waals surface area contributed by atoms with Gasteiger partial charge in [-0.25, -0.2) is 4.98 Å². The van der Waals surface area contributed by atoms with Gasteiger partial charge in [-0.3, -0.25) is 4.79 Å². The normalized spacial score (nSPS) is 10.1. The molecule has 94 valence electrons. The Bertz CT molecular complexity index is 382. The Morgan fingerprint density at radius 2 is 2.00 bits per heavy atom. The zero-order chi connectivity index (χ0) is 12.7. The van der Waals surface area contributed by atoms with E-state index in [0.29, 0.717) is 23.1 Å². The van der Waals surface area contributed by atoms with Gasteiger partial charge in [-0.05, 0) is 25.0 Å². The van der Waals surface area contributed by atoms with Gasteiger partial charge < -0.3 is 10.6 Å². The van der Waals surface area contributed by atoms with E-state index < -0.39 is 0 Å². The van der Waals surface area contributed by atoms with Crippen molar-refractivity contribution in [3.05, 3.63) is 22.8 Å². The Kier molecular flexibility index (Phi) is 5.77.